The van der Waals surface area contributed by atoms with Gasteiger partial charge in [-0.1, -0.05) is 36.4 Å². The highest BCUT2D eigenvalue weighted by Gasteiger charge is 2.10. The third-order valence-electron chi connectivity index (χ3n) is 4.98. The van der Waals surface area contributed by atoms with Crippen LogP contribution in [0.3, 0.4) is 0 Å². The summed E-state index contributed by atoms with van der Waals surface area (Å²) in [4.78, 5) is 17.8. The number of carbonyl (C=O) groups excluding carboxylic acids is 1. The molecule has 0 bridgehead atoms. The molecule has 2 aromatic carbocycles. The van der Waals surface area contributed by atoms with Crippen LogP contribution in [-0.2, 0) is 11.2 Å². The Balaban J connectivity index is 0.000000169. The lowest BCUT2D eigenvalue weighted by molar-refractivity contribution is -0.122. The number of fused-ring (bicyclic) bond motifs is 1. The van der Waals surface area contributed by atoms with Crippen molar-refractivity contribution in [2.45, 2.75) is 19.3 Å². The first-order valence-corrected chi connectivity index (χ1v) is 10.2. The van der Waals surface area contributed by atoms with Crippen molar-refractivity contribution in [3.63, 3.8) is 0 Å². The lowest BCUT2D eigenvalue weighted by Crippen LogP contribution is -2.24. The molecule has 2 heterocycles. The normalized spacial score (nSPS) is 13.6. The molecular weight excluding hydrogens is 362 g/mol. The number of hydrogen-bond donors (Lipinski definition) is 1. The number of nitrogens with zero attached hydrogens (tertiary/aromatic N) is 2. The van der Waals surface area contributed by atoms with E-state index in [1.807, 2.05) is 24.3 Å². The van der Waals surface area contributed by atoms with Crippen molar-refractivity contribution >= 4 is 16.8 Å². The zero-order valence-corrected chi connectivity index (χ0v) is 17.0. The average molecular weight is 392 g/mol. The number of carbonyl (C=O) groups is 1. The van der Waals surface area contributed by atoms with Gasteiger partial charge in [-0.2, -0.15) is 0 Å². The molecule has 1 saturated heterocycles. The second-order valence-corrected chi connectivity index (χ2v) is 7.10. The first-order chi connectivity index (χ1) is 14.2. The van der Waals surface area contributed by atoms with E-state index in [4.69, 9.17) is 4.74 Å². The molecule has 1 fully saturated rings. The molecular formula is C24H29N3O2. The molecule has 1 aromatic heterocycles. The summed E-state index contributed by atoms with van der Waals surface area (Å²) in [6, 6.07) is 20.1. The van der Waals surface area contributed by atoms with E-state index in [0.717, 1.165) is 10.9 Å². The Labute approximate surface area is 172 Å². The highest BCUT2D eigenvalue weighted by molar-refractivity contribution is 5.80. The monoisotopic (exact) mass is 391 g/mol. The summed E-state index contributed by atoms with van der Waals surface area (Å²) in [7, 11) is 1.58. The van der Waals surface area contributed by atoms with Crippen LogP contribution in [0, 0.1) is 0 Å². The van der Waals surface area contributed by atoms with Crippen LogP contribution in [0.5, 0.6) is 5.75 Å². The summed E-state index contributed by atoms with van der Waals surface area (Å²) < 4.78 is 5.33. The maximum Gasteiger partial charge on any atom is 0.257 e. The molecule has 0 unspecified atom stereocenters. The Kier molecular flexibility index (Phi) is 8.01. The number of nitrogens with one attached hydrogen (secondary N) is 1. The summed E-state index contributed by atoms with van der Waals surface area (Å²) in [5, 5.41) is 3.49. The fourth-order valence-electron chi connectivity index (χ4n) is 3.30. The molecule has 29 heavy (non-hydrogen) atoms. The minimum atomic E-state index is -0.147. The SMILES string of the molecule is CNC(=O)COc1ccc2ncccc2c1.c1ccc(CCN2CCCC2)cc1. The summed E-state index contributed by atoms with van der Waals surface area (Å²) in [5.41, 5.74) is 2.38. The van der Waals surface area contributed by atoms with Gasteiger partial charge in [-0.05, 0) is 62.2 Å². The maximum atomic E-state index is 11.0. The van der Waals surface area contributed by atoms with E-state index in [9.17, 15) is 4.79 Å². The van der Waals surface area contributed by atoms with Gasteiger partial charge in [0.15, 0.2) is 6.61 Å². The molecule has 0 radical (unpaired) electrons. The quantitative estimate of drug-likeness (QED) is 0.696. The number of amides is 1. The van der Waals surface area contributed by atoms with Crippen LogP contribution < -0.4 is 10.1 Å². The topological polar surface area (TPSA) is 54.5 Å². The molecule has 4 rings (SSSR count). The number of likely N-dealkylation sites (tertiary alicyclic amines) is 1. The Morgan fingerprint density at radius 2 is 1.86 bits per heavy atom. The molecule has 1 N–H and O–H groups in total. The van der Waals surface area contributed by atoms with Gasteiger partial charge in [0.2, 0.25) is 0 Å². The lowest BCUT2D eigenvalue weighted by Gasteiger charge is -2.13. The molecule has 1 aliphatic heterocycles. The van der Waals surface area contributed by atoms with Crippen LogP contribution in [0.25, 0.3) is 10.9 Å². The Morgan fingerprint density at radius 3 is 2.62 bits per heavy atom. The first-order valence-electron chi connectivity index (χ1n) is 10.2. The van der Waals surface area contributed by atoms with Crippen LogP contribution >= 0.6 is 0 Å². The zero-order chi connectivity index (χ0) is 20.3. The smallest absolute Gasteiger partial charge is 0.257 e. The fourth-order valence-corrected chi connectivity index (χ4v) is 3.30. The van der Waals surface area contributed by atoms with E-state index in [0.29, 0.717) is 5.75 Å². The number of rotatable bonds is 6. The van der Waals surface area contributed by atoms with E-state index in [-0.39, 0.29) is 12.5 Å². The molecule has 5 nitrogen and oxygen atoms in total. The van der Waals surface area contributed by atoms with Crippen molar-refractivity contribution in [3.05, 3.63) is 72.4 Å². The second-order valence-electron chi connectivity index (χ2n) is 7.10. The van der Waals surface area contributed by atoms with Gasteiger partial charge in [-0.15, -0.1) is 0 Å². The largest absolute Gasteiger partial charge is 0.484 e. The van der Waals surface area contributed by atoms with Crippen molar-refractivity contribution in [1.29, 1.82) is 0 Å². The van der Waals surface area contributed by atoms with E-state index >= 15 is 0 Å². The van der Waals surface area contributed by atoms with Gasteiger partial charge >= 0.3 is 0 Å². The summed E-state index contributed by atoms with van der Waals surface area (Å²) >= 11 is 0. The van der Waals surface area contributed by atoms with E-state index < -0.39 is 0 Å². The Bertz CT molecular complexity index is 893. The van der Waals surface area contributed by atoms with Crippen LogP contribution in [-0.4, -0.2) is 49.1 Å². The molecule has 5 heteroatoms. The van der Waals surface area contributed by atoms with Crippen LogP contribution in [0.1, 0.15) is 18.4 Å². The summed E-state index contributed by atoms with van der Waals surface area (Å²) in [6.45, 7) is 3.89. The molecule has 3 aromatic rings. The Morgan fingerprint density at radius 1 is 1.07 bits per heavy atom. The van der Waals surface area contributed by atoms with Gasteiger partial charge in [0.25, 0.3) is 5.91 Å². The predicted molar refractivity (Wildman–Crippen MR) is 117 cm³/mol. The third-order valence-corrected chi connectivity index (χ3v) is 4.98. The first kappa shape index (κ1) is 20.8. The maximum absolute atomic E-state index is 11.0. The van der Waals surface area contributed by atoms with E-state index in [1.54, 1.807) is 19.3 Å². The van der Waals surface area contributed by atoms with E-state index in [1.165, 1.54) is 44.5 Å². The van der Waals surface area contributed by atoms with Crippen molar-refractivity contribution in [2.75, 3.05) is 33.3 Å². The molecule has 1 amide bonds. The van der Waals surface area contributed by atoms with Gasteiger partial charge in [0, 0.05) is 25.2 Å². The van der Waals surface area contributed by atoms with Gasteiger partial charge in [-0.3, -0.25) is 9.78 Å². The third kappa shape index (κ3) is 6.88. The van der Waals surface area contributed by atoms with Crippen LogP contribution in [0.15, 0.2) is 66.9 Å². The number of likely N-dealkylation sites (N-methyl/N-ethyl adjacent to an activating group) is 1. The molecule has 152 valence electrons. The number of benzene rings is 2. The minimum Gasteiger partial charge on any atom is -0.484 e. The zero-order valence-electron chi connectivity index (χ0n) is 17.0. The molecule has 0 aliphatic carbocycles. The molecule has 1 aliphatic rings. The minimum absolute atomic E-state index is 0.0300. The fraction of sp³-hybridized carbons (Fsp3) is 0.333. The Hall–Kier alpha value is -2.92. The second kappa shape index (κ2) is 11.2. The standard InChI is InChI=1S/C12H12N2O2.C12H17N/c1-13-12(15)8-16-10-4-5-11-9(7-10)3-2-6-14-11;1-2-6-12(7-3-1)8-11-13-9-4-5-10-13/h2-7H,8H2,1H3,(H,13,15);1-3,6-7H,4-5,8-11H2. The van der Waals surface area contributed by atoms with E-state index in [2.05, 4.69) is 45.5 Å². The van der Waals surface area contributed by atoms with Gasteiger partial charge in [0.05, 0.1) is 5.52 Å². The van der Waals surface area contributed by atoms with Crippen molar-refractivity contribution in [2.24, 2.45) is 0 Å². The summed E-state index contributed by atoms with van der Waals surface area (Å²) in [5.74, 6) is 0.524. The van der Waals surface area contributed by atoms with Crippen LogP contribution in [0.4, 0.5) is 0 Å². The molecule has 0 saturated carbocycles. The predicted octanol–water partition coefficient (Wildman–Crippen LogP) is 3.68. The molecule has 0 atom stereocenters. The van der Waals surface area contributed by atoms with Gasteiger partial charge in [-0.25, -0.2) is 0 Å². The molecule has 0 spiro atoms. The van der Waals surface area contributed by atoms with Gasteiger partial charge < -0.3 is 15.0 Å². The van der Waals surface area contributed by atoms with Gasteiger partial charge in [0.1, 0.15) is 5.75 Å². The van der Waals surface area contributed by atoms with Crippen molar-refractivity contribution in [1.82, 2.24) is 15.2 Å². The highest BCUT2D eigenvalue weighted by atomic mass is 16.5. The number of ether oxygens (including phenoxy) is 1. The lowest BCUT2D eigenvalue weighted by atomic mass is 10.1. The highest BCUT2D eigenvalue weighted by Crippen LogP contribution is 2.18. The van der Waals surface area contributed by atoms with Crippen molar-refractivity contribution in [3.8, 4) is 5.75 Å². The number of pyridine rings is 1. The average Bonchev–Trinajstić information content (AvgIpc) is 3.31. The number of hydrogen-bond acceptors (Lipinski definition) is 4. The van der Waals surface area contributed by atoms with Crippen LogP contribution in [0.2, 0.25) is 0 Å². The summed E-state index contributed by atoms with van der Waals surface area (Å²) in [6.07, 6.45) is 5.75. The van der Waals surface area contributed by atoms with Crippen molar-refractivity contribution < 1.29 is 9.53 Å². The number of aromatic nitrogens is 1.